The highest BCUT2D eigenvalue weighted by atomic mass is 19.1. The number of anilines is 1. The molecule has 1 aromatic heterocycles. The number of allylic oxidation sites excluding steroid dienone is 1. The maximum Gasteiger partial charge on any atom is 0.155 e. The predicted molar refractivity (Wildman–Crippen MR) is 78.6 cm³/mol. The number of aromatic nitrogens is 2. The van der Waals surface area contributed by atoms with Crippen LogP contribution in [0.15, 0.2) is 42.1 Å². The van der Waals surface area contributed by atoms with Crippen LogP contribution in [-0.4, -0.2) is 15.8 Å². The zero-order chi connectivity index (χ0) is 14.3. The average Bonchev–Trinajstić information content (AvgIpc) is 2.94. The van der Waals surface area contributed by atoms with Crippen molar-refractivity contribution < 1.29 is 4.39 Å². The van der Waals surface area contributed by atoms with Crippen LogP contribution in [0.4, 0.5) is 10.2 Å². The Balaban J connectivity index is 1.99. The Morgan fingerprint density at radius 2 is 1.90 bits per heavy atom. The highest BCUT2D eigenvalue weighted by Gasteiger charge is 2.23. The lowest BCUT2D eigenvalue weighted by molar-refractivity contribution is 0.627. The normalized spacial score (nSPS) is 18.5. The number of nitrogens with zero attached hydrogens (tertiary/aromatic N) is 3. The van der Waals surface area contributed by atoms with E-state index in [-0.39, 0.29) is 5.82 Å². The van der Waals surface area contributed by atoms with Gasteiger partial charge in [-0.15, -0.1) is 5.10 Å². The molecular formula is C16H18FN3. The van der Waals surface area contributed by atoms with Crippen LogP contribution < -0.4 is 4.90 Å². The van der Waals surface area contributed by atoms with Crippen molar-refractivity contribution in [2.45, 2.75) is 33.2 Å². The van der Waals surface area contributed by atoms with Crippen molar-refractivity contribution in [1.29, 1.82) is 0 Å². The maximum absolute atomic E-state index is 13.0. The molecule has 20 heavy (non-hydrogen) atoms. The van der Waals surface area contributed by atoms with E-state index in [0.29, 0.717) is 6.04 Å². The van der Waals surface area contributed by atoms with Gasteiger partial charge in [-0.3, -0.25) is 0 Å². The summed E-state index contributed by atoms with van der Waals surface area (Å²) < 4.78 is 14.9. The molecule has 0 bridgehead atoms. The van der Waals surface area contributed by atoms with Gasteiger partial charge in [0.2, 0.25) is 0 Å². The molecule has 2 heterocycles. The third kappa shape index (κ3) is 2.11. The number of rotatable bonds is 2. The molecule has 0 radical (unpaired) electrons. The molecule has 3 nitrogen and oxygen atoms in total. The molecule has 0 fully saturated rings. The third-order valence-electron chi connectivity index (χ3n) is 3.77. The molecule has 0 saturated heterocycles. The van der Waals surface area contributed by atoms with E-state index < -0.39 is 0 Å². The first-order valence-electron chi connectivity index (χ1n) is 6.85. The largest absolute Gasteiger partial charge is 0.326 e. The van der Waals surface area contributed by atoms with E-state index in [4.69, 9.17) is 0 Å². The Morgan fingerprint density at radius 3 is 2.50 bits per heavy atom. The lowest BCUT2D eigenvalue weighted by Gasteiger charge is -2.23. The second-order valence-electron chi connectivity index (χ2n) is 5.33. The number of halogens is 1. The molecule has 2 aromatic rings. The van der Waals surface area contributed by atoms with Crippen LogP contribution in [0.2, 0.25) is 0 Å². The number of benzene rings is 1. The summed E-state index contributed by atoms with van der Waals surface area (Å²) in [6, 6.07) is 8.91. The molecular weight excluding hydrogens is 253 g/mol. The first kappa shape index (κ1) is 12.9. The van der Waals surface area contributed by atoms with E-state index in [9.17, 15) is 4.39 Å². The van der Waals surface area contributed by atoms with Gasteiger partial charge in [-0.25, -0.2) is 9.07 Å². The summed E-state index contributed by atoms with van der Waals surface area (Å²) in [6.07, 6.45) is 3.28. The number of aryl methyl sites for hydroxylation is 1. The second-order valence-corrected chi connectivity index (χ2v) is 5.33. The molecule has 0 spiro atoms. The van der Waals surface area contributed by atoms with Crippen molar-refractivity contribution in [3.05, 3.63) is 53.6 Å². The van der Waals surface area contributed by atoms with Gasteiger partial charge >= 0.3 is 0 Å². The molecule has 3 rings (SSSR count). The van der Waals surface area contributed by atoms with Crippen LogP contribution >= 0.6 is 0 Å². The lowest BCUT2D eigenvalue weighted by Crippen LogP contribution is -2.26. The minimum Gasteiger partial charge on any atom is -0.326 e. The fraction of sp³-hybridized carbons (Fsp3) is 0.312. The molecule has 0 saturated carbocycles. The summed E-state index contributed by atoms with van der Waals surface area (Å²) in [5.41, 5.74) is 3.16. The highest BCUT2D eigenvalue weighted by molar-refractivity contribution is 5.51. The van der Waals surface area contributed by atoms with Crippen molar-refractivity contribution in [1.82, 2.24) is 9.78 Å². The smallest absolute Gasteiger partial charge is 0.155 e. The van der Waals surface area contributed by atoms with E-state index in [0.717, 1.165) is 23.6 Å². The molecule has 0 amide bonds. The molecule has 1 aliphatic heterocycles. The van der Waals surface area contributed by atoms with Crippen LogP contribution in [0.5, 0.6) is 0 Å². The fourth-order valence-electron chi connectivity index (χ4n) is 2.72. The van der Waals surface area contributed by atoms with Gasteiger partial charge < -0.3 is 4.90 Å². The summed E-state index contributed by atoms with van der Waals surface area (Å²) >= 11 is 0. The monoisotopic (exact) mass is 271 g/mol. The van der Waals surface area contributed by atoms with Gasteiger partial charge in [-0.1, -0.05) is 6.08 Å². The van der Waals surface area contributed by atoms with Crippen LogP contribution in [0.25, 0.3) is 5.69 Å². The SMILES string of the molecule is CC1=CCC(C)N1c1cc(C)n(-c2ccc(F)cc2)n1. The average molecular weight is 271 g/mol. The maximum atomic E-state index is 13.0. The van der Waals surface area contributed by atoms with Crippen molar-refractivity contribution in [2.24, 2.45) is 0 Å². The Kier molecular flexibility index (Phi) is 3.08. The number of hydrogen-bond donors (Lipinski definition) is 0. The van der Waals surface area contributed by atoms with E-state index in [1.54, 1.807) is 12.1 Å². The van der Waals surface area contributed by atoms with Crippen molar-refractivity contribution in [3.63, 3.8) is 0 Å². The van der Waals surface area contributed by atoms with Crippen molar-refractivity contribution in [3.8, 4) is 5.69 Å². The van der Waals surface area contributed by atoms with Gasteiger partial charge in [0.25, 0.3) is 0 Å². The Bertz CT molecular complexity index is 655. The van der Waals surface area contributed by atoms with E-state index >= 15 is 0 Å². The molecule has 4 heteroatoms. The molecule has 1 aromatic carbocycles. The van der Waals surface area contributed by atoms with Crippen LogP contribution in [-0.2, 0) is 0 Å². The topological polar surface area (TPSA) is 21.1 Å². The van der Waals surface area contributed by atoms with Crippen molar-refractivity contribution in [2.75, 3.05) is 4.90 Å². The summed E-state index contributed by atoms with van der Waals surface area (Å²) in [6.45, 7) is 6.31. The van der Waals surface area contributed by atoms with Crippen LogP contribution in [0.1, 0.15) is 26.0 Å². The first-order chi connectivity index (χ1) is 9.56. The van der Waals surface area contributed by atoms with E-state index in [1.165, 1.54) is 17.8 Å². The Hall–Kier alpha value is -2.10. The highest BCUT2D eigenvalue weighted by Crippen LogP contribution is 2.29. The Labute approximate surface area is 118 Å². The minimum atomic E-state index is -0.231. The van der Waals surface area contributed by atoms with Gasteiger partial charge in [0.1, 0.15) is 5.82 Å². The Morgan fingerprint density at radius 1 is 1.20 bits per heavy atom. The van der Waals surface area contributed by atoms with Crippen LogP contribution in [0, 0.1) is 12.7 Å². The summed E-state index contributed by atoms with van der Waals surface area (Å²) in [5.74, 6) is 0.719. The molecule has 1 unspecified atom stereocenters. The van der Waals surface area contributed by atoms with Gasteiger partial charge in [0, 0.05) is 23.5 Å². The zero-order valence-corrected chi connectivity index (χ0v) is 12.0. The quantitative estimate of drug-likeness (QED) is 0.828. The first-order valence-corrected chi connectivity index (χ1v) is 6.85. The molecule has 1 aliphatic rings. The molecule has 0 aliphatic carbocycles. The molecule has 1 atom stereocenters. The van der Waals surface area contributed by atoms with Crippen molar-refractivity contribution >= 4 is 5.82 Å². The van der Waals surface area contributed by atoms with Gasteiger partial charge in [0.05, 0.1) is 5.69 Å². The third-order valence-corrected chi connectivity index (χ3v) is 3.77. The summed E-state index contributed by atoms with van der Waals surface area (Å²) in [7, 11) is 0. The summed E-state index contributed by atoms with van der Waals surface area (Å²) in [5, 5.41) is 4.67. The number of hydrogen-bond acceptors (Lipinski definition) is 2. The van der Waals surface area contributed by atoms with E-state index in [1.807, 2.05) is 11.6 Å². The molecule has 0 N–H and O–H groups in total. The predicted octanol–water partition coefficient (Wildman–Crippen LogP) is 3.82. The molecule has 104 valence electrons. The summed E-state index contributed by atoms with van der Waals surface area (Å²) in [4.78, 5) is 2.24. The second kappa shape index (κ2) is 4.78. The van der Waals surface area contributed by atoms with Crippen LogP contribution in [0.3, 0.4) is 0 Å². The fourth-order valence-corrected chi connectivity index (χ4v) is 2.72. The lowest BCUT2D eigenvalue weighted by atomic mass is 10.2. The van der Waals surface area contributed by atoms with E-state index in [2.05, 4.69) is 36.0 Å². The minimum absolute atomic E-state index is 0.231. The van der Waals surface area contributed by atoms with Gasteiger partial charge in [-0.05, 0) is 51.5 Å². The van der Waals surface area contributed by atoms with Gasteiger partial charge in [-0.2, -0.15) is 0 Å². The zero-order valence-electron chi connectivity index (χ0n) is 12.0. The van der Waals surface area contributed by atoms with Gasteiger partial charge in [0.15, 0.2) is 5.82 Å². The standard InChI is InChI=1S/C16H18FN3/c1-11-4-5-12(2)19(11)16-10-13(3)20(18-16)15-8-6-14(17)7-9-15/h4,6-10,12H,5H2,1-3H3.